The second-order valence-electron chi connectivity index (χ2n) is 5.14. The van der Waals surface area contributed by atoms with Crippen molar-refractivity contribution in [3.8, 4) is 0 Å². The number of rotatable bonds is 0. The van der Waals surface area contributed by atoms with Crippen LogP contribution in [0.25, 0.3) is 43.7 Å². The van der Waals surface area contributed by atoms with Gasteiger partial charge in [-0.15, -0.1) is 11.3 Å². The first kappa shape index (κ1) is 11.7. The maximum atomic E-state index is 4.23. The molecule has 98 valence electrons. The van der Waals surface area contributed by atoms with Crippen molar-refractivity contribution in [2.75, 3.05) is 0 Å². The van der Waals surface area contributed by atoms with Crippen LogP contribution < -0.4 is 10.6 Å². The van der Waals surface area contributed by atoms with Crippen molar-refractivity contribution in [1.29, 1.82) is 0 Å². The molecular weight excluding hydrogens is 262 g/mol. The zero-order chi connectivity index (χ0) is 13.9. The van der Waals surface area contributed by atoms with Crippen LogP contribution in [-0.4, -0.2) is 4.57 Å². The standard InChI is InChI=1S/C18H15NS/c1-4-12-11(2)19(3)14-9-10-16-18(17(12)14)13-7-5-6-8-15(13)20-16/h4-10H,2H2,1,3H3/b12-4+. The van der Waals surface area contributed by atoms with Gasteiger partial charge in [-0.05, 0) is 25.1 Å². The van der Waals surface area contributed by atoms with Crippen molar-refractivity contribution < 1.29 is 0 Å². The molecule has 2 aromatic carbocycles. The van der Waals surface area contributed by atoms with E-state index in [9.17, 15) is 0 Å². The average molecular weight is 277 g/mol. The number of nitrogens with zero attached hydrogens (tertiary/aromatic N) is 1. The lowest BCUT2D eigenvalue weighted by Gasteiger charge is -1.98. The summed E-state index contributed by atoms with van der Waals surface area (Å²) < 4.78 is 4.90. The first-order valence-electron chi connectivity index (χ1n) is 6.76. The lowest BCUT2D eigenvalue weighted by Crippen LogP contribution is -2.25. The lowest BCUT2D eigenvalue weighted by atomic mass is 10.1. The fourth-order valence-corrected chi connectivity index (χ4v) is 4.25. The van der Waals surface area contributed by atoms with E-state index in [-0.39, 0.29) is 0 Å². The van der Waals surface area contributed by atoms with Gasteiger partial charge in [-0.3, -0.25) is 0 Å². The molecule has 0 bridgehead atoms. The summed E-state index contributed by atoms with van der Waals surface area (Å²) in [7, 11) is 2.10. The number of hydrogen-bond donors (Lipinski definition) is 0. The van der Waals surface area contributed by atoms with Crippen LogP contribution in [0, 0.1) is 0 Å². The van der Waals surface area contributed by atoms with Gasteiger partial charge < -0.3 is 4.57 Å². The fraction of sp³-hybridized carbons (Fsp3) is 0.111. The molecule has 20 heavy (non-hydrogen) atoms. The van der Waals surface area contributed by atoms with Crippen LogP contribution in [0.5, 0.6) is 0 Å². The Morgan fingerprint density at radius 2 is 1.85 bits per heavy atom. The number of fused-ring (bicyclic) bond motifs is 5. The van der Waals surface area contributed by atoms with Crippen molar-refractivity contribution in [3.05, 3.63) is 47.0 Å². The first-order valence-corrected chi connectivity index (χ1v) is 7.58. The van der Waals surface area contributed by atoms with E-state index in [4.69, 9.17) is 0 Å². The molecule has 4 aromatic rings. The van der Waals surface area contributed by atoms with Crippen molar-refractivity contribution in [3.63, 3.8) is 0 Å². The zero-order valence-electron chi connectivity index (χ0n) is 11.6. The van der Waals surface area contributed by atoms with Crippen molar-refractivity contribution in [2.45, 2.75) is 6.92 Å². The molecule has 0 fully saturated rings. The number of aromatic nitrogens is 1. The molecule has 0 aliphatic carbocycles. The summed E-state index contributed by atoms with van der Waals surface area (Å²) in [5.41, 5.74) is 1.26. The van der Waals surface area contributed by atoms with Crippen LogP contribution in [0.2, 0.25) is 0 Å². The molecule has 0 saturated carbocycles. The second kappa shape index (κ2) is 3.97. The van der Waals surface area contributed by atoms with Gasteiger partial charge in [0, 0.05) is 48.7 Å². The molecular formula is C18H15NS. The predicted octanol–water partition coefficient (Wildman–Crippen LogP) is 3.76. The third-order valence-electron chi connectivity index (χ3n) is 4.16. The Morgan fingerprint density at radius 3 is 2.65 bits per heavy atom. The van der Waals surface area contributed by atoms with Gasteiger partial charge in [0.1, 0.15) is 0 Å². The lowest BCUT2D eigenvalue weighted by molar-refractivity contribution is 0.928. The van der Waals surface area contributed by atoms with Crippen molar-refractivity contribution in [1.82, 2.24) is 4.57 Å². The molecule has 2 aromatic heterocycles. The van der Waals surface area contributed by atoms with Gasteiger partial charge in [0.25, 0.3) is 0 Å². The molecule has 1 nitrogen and oxygen atoms in total. The van der Waals surface area contributed by atoms with Crippen LogP contribution in [-0.2, 0) is 7.05 Å². The third-order valence-corrected chi connectivity index (χ3v) is 5.29. The van der Waals surface area contributed by atoms with Gasteiger partial charge in [-0.2, -0.15) is 0 Å². The topological polar surface area (TPSA) is 4.93 Å². The predicted molar refractivity (Wildman–Crippen MR) is 90.7 cm³/mol. The van der Waals surface area contributed by atoms with Crippen LogP contribution in [0.4, 0.5) is 0 Å². The Balaban J connectivity index is 2.47. The van der Waals surface area contributed by atoms with Crippen LogP contribution in [0.1, 0.15) is 6.92 Å². The molecule has 2 heteroatoms. The highest BCUT2D eigenvalue weighted by atomic mass is 32.1. The molecule has 0 aliphatic rings. The molecule has 4 rings (SSSR count). The van der Waals surface area contributed by atoms with Crippen LogP contribution in [0.3, 0.4) is 0 Å². The van der Waals surface area contributed by atoms with E-state index in [1.54, 1.807) is 0 Å². The smallest absolute Gasteiger partial charge is 0.0495 e. The minimum Gasteiger partial charge on any atom is -0.344 e. The van der Waals surface area contributed by atoms with Crippen LogP contribution >= 0.6 is 11.3 Å². The number of benzene rings is 2. The molecule has 0 amide bonds. The second-order valence-corrected chi connectivity index (χ2v) is 6.22. The van der Waals surface area contributed by atoms with E-state index in [1.807, 2.05) is 11.3 Å². The van der Waals surface area contributed by atoms with Gasteiger partial charge in [0.2, 0.25) is 0 Å². The van der Waals surface area contributed by atoms with Gasteiger partial charge in [0.15, 0.2) is 0 Å². The highest BCUT2D eigenvalue weighted by molar-refractivity contribution is 7.26. The van der Waals surface area contributed by atoms with Crippen molar-refractivity contribution >= 4 is 55.1 Å². The first-order chi connectivity index (χ1) is 9.72. The Hall–Kier alpha value is -2.06. The Kier molecular flexibility index (Phi) is 2.33. The van der Waals surface area contributed by atoms with Gasteiger partial charge in [-0.25, -0.2) is 0 Å². The monoisotopic (exact) mass is 277 g/mol. The summed E-state index contributed by atoms with van der Waals surface area (Å²) in [4.78, 5) is 0. The van der Waals surface area contributed by atoms with Gasteiger partial charge in [0.05, 0.1) is 0 Å². The largest absolute Gasteiger partial charge is 0.344 e. The highest BCUT2D eigenvalue weighted by Crippen LogP contribution is 2.36. The minimum absolute atomic E-state index is 1.09. The molecule has 0 unspecified atom stereocenters. The van der Waals surface area contributed by atoms with E-state index in [0.29, 0.717) is 0 Å². The summed E-state index contributed by atoms with van der Waals surface area (Å²) >= 11 is 1.87. The summed E-state index contributed by atoms with van der Waals surface area (Å²) in [5, 5.41) is 6.42. The quantitative estimate of drug-likeness (QED) is 0.461. The Morgan fingerprint density at radius 1 is 1.05 bits per heavy atom. The molecule has 0 radical (unpaired) electrons. The van der Waals surface area contributed by atoms with E-state index >= 15 is 0 Å². The van der Waals surface area contributed by atoms with E-state index in [1.165, 1.54) is 36.3 Å². The molecule has 0 spiro atoms. The maximum absolute atomic E-state index is 4.23. The van der Waals surface area contributed by atoms with Crippen LogP contribution in [0.15, 0.2) is 36.4 Å². The Bertz CT molecular complexity index is 1080. The molecule has 2 heterocycles. The normalized spacial score (nSPS) is 13.0. The van der Waals surface area contributed by atoms with Gasteiger partial charge in [-0.1, -0.05) is 30.9 Å². The van der Waals surface area contributed by atoms with E-state index in [2.05, 4.69) is 67.6 Å². The number of thiophene rings is 1. The summed E-state index contributed by atoms with van der Waals surface area (Å²) in [6.45, 7) is 6.33. The fourth-order valence-electron chi connectivity index (χ4n) is 3.14. The van der Waals surface area contributed by atoms with Crippen molar-refractivity contribution in [2.24, 2.45) is 7.05 Å². The SMILES string of the molecule is C=c1/c(=C\C)c2c3c(ccc2n1C)sc1ccccc13. The summed E-state index contributed by atoms with van der Waals surface area (Å²) in [6, 6.07) is 13.1. The van der Waals surface area contributed by atoms with Gasteiger partial charge >= 0.3 is 0 Å². The summed E-state index contributed by atoms with van der Waals surface area (Å²) in [5.74, 6) is 0. The number of hydrogen-bond acceptors (Lipinski definition) is 1. The molecule has 0 aliphatic heterocycles. The highest BCUT2D eigenvalue weighted by Gasteiger charge is 2.12. The Labute approximate surface area is 121 Å². The average Bonchev–Trinajstić information content (AvgIpc) is 2.96. The number of aryl methyl sites for hydroxylation is 1. The molecule has 0 N–H and O–H groups in total. The zero-order valence-corrected chi connectivity index (χ0v) is 12.4. The minimum atomic E-state index is 1.09. The molecule has 0 saturated heterocycles. The summed E-state index contributed by atoms with van der Waals surface area (Å²) in [6.07, 6.45) is 2.18. The van der Waals surface area contributed by atoms with E-state index < -0.39 is 0 Å². The maximum Gasteiger partial charge on any atom is 0.0495 e. The molecule has 0 atom stereocenters. The van der Waals surface area contributed by atoms with E-state index in [0.717, 1.165) is 5.35 Å². The third kappa shape index (κ3) is 1.32.